The molecular formula is C10H11BrN2O. The molecule has 0 saturated carbocycles. The van der Waals surface area contributed by atoms with Gasteiger partial charge in [-0.15, -0.1) is 0 Å². The van der Waals surface area contributed by atoms with Crippen LogP contribution in [-0.2, 0) is 4.79 Å². The Morgan fingerprint density at radius 2 is 2.36 bits per heavy atom. The van der Waals surface area contributed by atoms with Crippen LogP contribution in [0.1, 0.15) is 18.0 Å². The van der Waals surface area contributed by atoms with Crippen LogP contribution in [0.3, 0.4) is 0 Å². The van der Waals surface area contributed by atoms with E-state index < -0.39 is 0 Å². The summed E-state index contributed by atoms with van der Waals surface area (Å²) in [5, 5.41) is 5.99. The molecule has 0 bridgehead atoms. The lowest BCUT2D eigenvalue weighted by Crippen LogP contribution is -2.29. The van der Waals surface area contributed by atoms with Crippen molar-refractivity contribution < 1.29 is 4.79 Å². The molecule has 0 aliphatic carbocycles. The maximum atomic E-state index is 11.3. The lowest BCUT2D eigenvalue weighted by atomic mass is 9.98. The quantitative estimate of drug-likeness (QED) is 0.806. The van der Waals surface area contributed by atoms with E-state index in [9.17, 15) is 4.79 Å². The third-order valence-corrected chi connectivity index (χ3v) is 2.89. The fourth-order valence-corrected chi connectivity index (χ4v) is 2.07. The van der Waals surface area contributed by atoms with Gasteiger partial charge in [0, 0.05) is 22.6 Å². The van der Waals surface area contributed by atoms with Crippen molar-refractivity contribution in [1.29, 1.82) is 0 Å². The first-order chi connectivity index (χ1) is 6.70. The zero-order valence-corrected chi connectivity index (χ0v) is 9.39. The second-order valence-corrected chi connectivity index (χ2v) is 4.24. The highest BCUT2D eigenvalue weighted by Gasteiger charge is 2.23. The molecule has 2 N–H and O–H groups in total. The summed E-state index contributed by atoms with van der Waals surface area (Å²) in [7, 11) is 1.87. The number of amides is 1. The van der Waals surface area contributed by atoms with E-state index in [2.05, 4.69) is 26.6 Å². The van der Waals surface area contributed by atoms with E-state index in [0.29, 0.717) is 6.42 Å². The molecule has 1 aromatic carbocycles. The smallest absolute Gasteiger partial charge is 0.226 e. The monoisotopic (exact) mass is 254 g/mol. The van der Waals surface area contributed by atoms with Gasteiger partial charge in [0.2, 0.25) is 5.91 Å². The van der Waals surface area contributed by atoms with Gasteiger partial charge in [0.15, 0.2) is 0 Å². The molecule has 4 heteroatoms. The van der Waals surface area contributed by atoms with Gasteiger partial charge in [-0.05, 0) is 30.8 Å². The number of anilines is 1. The molecule has 0 saturated heterocycles. The third kappa shape index (κ3) is 1.67. The summed E-state index contributed by atoms with van der Waals surface area (Å²) in [6.45, 7) is 0. The van der Waals surface area contributed by atoms with E-state index in [0.717, 1.165) is 15.7 Å². The fraction of sp³-hybridized carbons (Fsp3) is 0.300. The van der Waals surface area contributed by atoms with Crippen molar-refractivity contribution in [1.82, 2.24) is 5.32 Å². The van der Waals surface area contributed by atoms with Crippen LogP contribution in [0, 0.1) is 0 Å². The Balaban J connectivity index is 2.46. The molecule has 0 spiro atoms. The third-order valence-electron chi connectivity index (χ3n) is 2.40. The van der Waals surface area contributed by atoms with Crippen molar-refractivity contribution in [3.05, 3.63) is 28.2 Å². The van der Waals surface area contributed by atoms with Gasteiger partial charge in [0.25, 0.3) is 0 Å². The Hall–Kier alpha value is -0.870. The molecule has 1 heterocycles. The molecule has 2 rings (SSSR count). The van der Waals surface area contributed by atoms with Crippen molar-refractivity contribution in [2.24, 2.45) is 0 Å². The van der Waals surface area contributed by atoms with E-state index in [1.54, 1.807) is 0 Å². The number of carbonyl (C=O) groups excluding carboxylic acids is 1. The highest BCUT2D eigenvalue weighted by Crippen LogP contribution is 2.32. The number of hydrogen-bond acceptors (Lipinski definition) is 2. The number of benzene rings is 1. The van der Waals surface area contributed by atoms with Crippen LogP contribution >= 0.6 is 15.9 Å². The molecule has 0 aromatic heterocycles. The van der Waals surface area contributed by atoms with E-state index in [-0.39, 0.29) is 11.9 Å². The molecule has 1 aliphatic rings. The number of fused-ring (bicyclic) bond motifs is 1. The molecule has 1 aromatic rings. The molecule has 3 nitrogen and oxygen atoms in total. The molecule has 0 radical (unpaired) electrons. The molecule has 74 valence electrons. The SMILES string of the molecule is CNC1CC(=O)Nc2ccc(Br)cc21. The summed E-state index contributed by atoms with van der Waals surface area (Å²) in [4.78, 5) is 11.3. The second-order valence-electron chi connectivity index (χ2n) is 3.33. The zero-order chi connectivity index (χ0) is 10.1. The Morgan fingerprint density at radius 3 is 3.07 bits per heavy atom. The Morgan fingerprint density at radius 1 is 1.57 bits per heavy atom. The standard InChI is InChI=1S/C10H11BrN2O/c1-12-9-5-10(14)13-8-3-2-6(11)4-7(8)9/h2-4,9,12H,5H2,1H3,(H,13,14). The molecule has 1 amide bonds. The zero-order valence-electron chi connectivity index (χ0n) is 7.80. The van der Waals surface area contributed by atoms with Gasteiger partial charge in [-0.2, -0.15) is 0 Å². The molecular weight excluding hydrogens is 244 g/mol. The summed E-state index contributed by atoms with van der Waals surface area (Å²) in [5.74, 6) is 0.0687. The molecule has 1 unspecified atom stereocenters. The number of halogens is 1. The molecule has 1 aliphatic heterocycles. The van der Waals surface area contributed by atoms with Crippen molar-refractivity contribution >= 4 is 27.5 Å². The number of carbonyl (C=O) groups is 1. The Kier molecular flexibility index (Phi) is 2.56. The van der Waals surface area contributed by atoms with Crippen LogP contribution in [0.4, 0.5) is 5.69 Å². The van der Waals surface area contributed by atoms with Gasteiger partial charge in [-0.3, -0.25) is 4.79 Å². The first-order valence-electron chi connectivity index (χ1n) is 4.47. The predicted octanol–water partition coefficient (Wildman–Crippen LogP) is 2.05. The van der Waals surface area contributed by atoms with Crippen LogP contribution in [0.25, 0.3) is 0 Å². The van der Waals surface area contributed by atoms with E-state index >= 15 is 0 Å². The Bertz CT molecular complexity index is 378. The largest absolute Gasteiger partial charge is 0.326 e. The highest BCUT2D eigenvalue weighted by molar-refractivity contribution is 9.10. The van der Waals surface area contributed by atoms with Crippen LogP contribution in [0.5, 0.6) is 0 Å². The maximum Gasteiger partial charge on any atom is 0.226 e. The van der Waals surface area contributed by atoms with Gasteiger partial charge in [-0.25, -0.2) is 0 Å². The summed E-state index contributed by atoms with van der Waals surface area (Å²) < 4.78 is 1.03. The lowest BCUT2D eigenvalue weighted by Gasteiger charge is -2.25. The number of nitrogens with one attached hydrogen (secondary N) is 2. The second kappa shape index (κ2) is 3.71. The predicted molar refractivity (Wildman–Crippen MR) is 59.2 cm³/mol. The minimum atomic E-state index is 0.0687. The van der Waals surface area contributed by atoms with Crippen molar-refractivity contribution in [3.63, 3.8) is 0 Å². The van der Waals surface area contributed by atoms with E-state index in [1.165, 1.54) is 0 Å². The summed E-state index contributed by atoms with van der Waals surface area (Å²) >= 11 is 3.42. The van der Waals surface area contributed by atoms with Gasteiger partial charge in [0.05, 0.1) is 0 Å². The van der Waals surface area contributed by atoms with Crippen LogP contribution in [0.15, 0.2) is 22.7 Å². The van der Waals surface area contributed by atoms with E-state index in [4.69, 9.17) is 0 Å². The molecule has 1 atom stereocenters. The van der Waals surface area contributed by atoms with Crippen LogP contribution in [0.2, 0.25) is 0 Å². The average molecular weight is 255 g/mol. The minimum Gasteiger partial charge on any atom is -0.326 e. The van der Waals surface area contributed by atoms with Crippen molar-refractivity contribution in [2.75, 3.05) is 12.4 Å². The molecule has 14 heavy (non-hydrogen) atoms. The number of hydrogen-bond donors (Lipinski definition) is 2. The van der Waals surface area contributed by atoms with Gasteiger partial charge in [-0.1, -0.05) is 15.9 Å². The van der Waals surface area contributed by atoms with Crippen molar-refractivity contribution in [3.8, 4) is 0 Å². The summed E-state index contributed by atoms with van der Waals surface area (Å²) in [6, 6.07) is 6.00. The summed E-state index contributed by atoms with van der Waals surface area (Å²) in [6.07, 6.45) is 0.500. The Labute approximate surface area is 91.0 Å². The van der Waals surface area contributed by atoms with Crippen LogP contribution in [-0.4, -0.2) is 13.0 Å². The number of rotatable bonds is 1. The summed E-state index contributed by atoms with van der Waals surface area (Å²) in [5.41, 5.74) is 2.05. The minimum absolute atomic E-state index is 0.0687. The van der Waals surface area contributed by atoms with Crippen LogP contribution < -0.4 is 10.6 Å². The molecule has 0 fully saturated rings. The van der Waals surface area contributed by atoms with Gasteiger partial charge >= 0.3 is 0 Å². The maximum absolute atomic E-state index is 11.3. The highest BCUT2D eigenvalue weighted by atomic mass is 79.9. The fourth-order valence-electron chi connectivity index (χ4n) is 1.69. The normalized spacial score (nSPS) is 20.1. The van der Waals surface area contributed by atoms with E-state index in [1.807, 2.05) is 25.2 Å². The lowest BCUT2D eigenvalue weighted by molar-refractivity contribution is -0.117. The van der Waals surface area contributed by atoms with Gasteiger partial charge < -0.3 is 10.6 Å². The van der Waals surface area contributed by atoms with Crippen molar-refractivity contribution in [2.45, 2.75) is 12.5 Å². The topological polar surface area (TPSA) is 41.1 Å². The van der Waals surface area contributed by atoms with Gasteiger partial charge in [0.1, 0.15) is 0 Å². The average Bonchev–Trinajstić information content (AvgIpc) is 2.17. The first-order valence-corrected chi connectivity index (χ1v) is 5.26. The first kappa shape index (κ1) is 9.68.